The van der Waals surface area contributed by atoms with Gasteiger partial charge < -0.3 is 10.2 Å². The molecule has 1 atom stereocenters. The van der Waals surface area contributed by atoms with Gasteiger partial charge in [-0.25, -0.2) is 0 Å². The SMILES string of the molecule is CN(C)C(=O)c1cc2c(s1)CCC(C(=O)NCc1cccs1)C2. The maximum Gasteiger partial charge on any atom is 0.263 e. The van der Waals surface area contributed by atoms with E-state index >= 15 is 0 Å². The van der Waals surface area contributed by atoms with Gasteiger partial charge in [0.05, 0.1) is 11.4 Å². The Morgan fingerprint density at radius 1 is 1.39 bits per heavy atom. The first-order chi connectivity index (χ1) is 11.0. The molecule has 23 heavy (non-hydrogen) atoms. The van der Waals surface area contributed by atoms with Crippen molar-refractivity contribution in [3.05, 3.63) is 43.8 Å². The highest BCUT2D eigenvalue weighted by atomic mass is 32.1. The molecule has 0 bridgehead atoms. The second-order valence-corrected chi connectivity index (χ2v) is 8.16. The lowest BCUT2D eigenvalue weighted by molar-refractivity contribution is -0.125. The van der Waals surface area contributed by atoms with Crippen LogP contribution in [0, 0.1) is 5.92 Å². The number of fused-ring (bicyclic) bond motifs is 1. The van der Waals surface area contributed by atoms with Crippen LogP contribution in [0.1, 0.15) is 31.4 Å². The largest absolute Gasteiger partial charge is 0.351 e. The van der Waals surface area contributed by atoms with Crippen LogP contribution in [-0.2, 0) is 24.2 Å². The molecule has 0 aromatic carbocycles. The highest BCUT2D eigenvalue weighted by Crippen LogP contribution is 2.33. The summed E-state index contributed by atoms with van der Waals surface area (Å²) in [5, 5.41) is 5.05. The number of rotatable bonds is 4. The van der Waals surface area contributed by atoms with E-state index in [1.54, 1.807) is 41.7 Å². The molecule has 0 radical (unpaired) electrons. The van der Waals surface area contributed by atoms with E-state index in [1.807, 2.05) is 23.6 Å². The Morgan fingerprint density at radius 2 is 2.22 bits per heavy atom. The Morgan fingerprint density at radius 3 is 2.91 bits per heavy atom. The molecule has 1 unspecified atom stereocenters. The van der Waals surface area contributed by atoms with E-state index in [2.05, 4.69) is 5.32 Å². The van der Waals surface area contributed by atoms with Gasteiger partial charge in [0.25, 0.3) is 5.91 Å². The van der Waals surface area contributed by atoms with Crippen molar-refractivity contribution in [1.82, 2.24) is 10.2 Å². The molecular weight excluding hydrogens is 328 g/mol. The van der Waals surface area contributed by atoms with E-state index < -0.39 is 0 Å². The first-order valence-corrected chi connectivity index (χ1v) is 9.37. The van der Waals surface area contributed by atoms with Gasteiger partial charge in [0.15, 0.2) is 0 Å². The number of amides is 2. The average molecular weight is 348 g/mol. The third-order valence-corrected chi connectivity index (χ3v) is 6.19. The molecule has 1 N–H and O–H groups in total. The molecule has 122 valence electrons. The summed E-state index contributed by atoms with van der Waals surface area (Å²) in [7, 11) is 3.53. The van der Waals surface area contributed by atoms with Crippen LogP contribution < -0.4 is 5.32 Å². The highest BCUT2D eigenvalue weighted by Gasteiger charge is 2.27. The van der Waals surface area contributed by atoms with Gasteiger partial charge in [-0.1, -0.05) is 6.07 Å². The van der Waals surface area contributed by atoms with Crippen LogP contribution >= 0.6 is 22.7 Å². The molecule has 2 aromatic rings. The molecule has 0 fully saturated rings. The van der Waals surface area contributed by atoms with Crippen molar-refractivity contribution < 1.29 is 9.59 Å². The van der Waals surface area contributed by atoms with Crippen LogP contribution in [0.5, 0.6) is 0 Å². The lowest BCUT2D eigenvalue weighted by Crippen LogP contribution is -2.33. The van der Waals surface area contributed by atoms with Gasteiger partial charge in [0.1, 0.15) is 0 Å². The van der Waals surface area contributed by atoms with E-state index in [9.17, 15) is 9.59 Å². The highest BCUT2D eigenvalue weighted by molar-refractivity contribution is 7.14. The number of thiophene rings is 2. The van der Waals surface area contributed by atoms with Crippen LogP contribution in [-0.4, -0.2) is 30.8 Å². The smallest absolute Gasteiger partial charge is 0.263 e. The lowest BCUT2D eigenvalue weighted by Gasteiger charge is -2.21. The van der Waals surface area contributed by atoms with Gasteiger partial charge in [-0.2, -0.15) is 0 Å². The summed E-state index contributed by atoms with van der Waals surface area (Å²) in [5.74, 6) is 0.179. The van der Waals surface area contributed by atoms with Crippen LogP contribution in [0.3, 0.4) is 0 Å². The van der Waals surface area contributed by atoms with Crippen molar-refractivity contribution in [2.24, 2.45) is 5.92 Å². The molecular formula is C17H20N2O2S2. The topological polar surface area (TPSA) is 49.4 Å². The number of carbonyl (C=O) groups is 2. The third-order valence-electron chi connectivity index (χ3n) is 4.09. The minimum absolute atomic E-state index is 0.0133. The summed E-state index contributed by atoms with van der Waals surface area (Å²) in [6.07, 6.45) is 2.49. The Balaban J connectivity index is 1.63. The summed E-state index contributed by atoms with van der Waals surface area (Å²) in [6, 6.07) is 6.00. The van der Waals surface area contributed by atoms with Gasteiger partial charge in [0, 0.05) is 29.8 Å². The molecule has 2 aromatic heterocycles. The van der Waals surface area contributed by atoms with Crippen molar-refractivity contribution in [3.8, 4) is 0 Å². The van der Waals surface area contributed by atoms with Crippen molar-refractivity contribution in [1.29, 1.82) is 0 Å². The zero-order valence-corrected chi connectivity index (χ0v) is 14.9. The van der Waals surface area contributed by atoms with Gasteiger partial charge in [-0.05, 0) is 42.3 Å². The lowest BCUT2D eigenvalue weighted by atomic mass is 9.88. The fraction of sp³-hybridized carbons (Fsp3) is 0.412. The van der Waals surface area contributed by atoms with E-state index in [-0.39, 0.29) is 17.7 Å². The second kappa shape index (κ2) is 6.84. The zero-order valence-electron chi connectivity index (χ0n) is 13.3. The van der Waals surface area contributed by atoms with Gasteiger partial charge in [-0.3, -0.25) is 9.59 Å². The number of nitrogens with zero attached hydrogens (tertiary/aromatic N) is 1. The molecule has 6 heteroatoms. The van der Waals surface area contributed by atoms with Crippen molar-refractivity contribution >= 4 is 34.5 Å². The first kappa shape index (κ1) is 16.2. The molecule has 1 aliphatic rings. The molecule has 0 aliphatic heterocycles. The van der Waals surface area contributed by atoms with Gasteiger partial charge >= 0.3 is 0 Å². The number of carbonyl (C=O) groups excluding carboxylic acids is 2. The Bertz CT molecular complexity index is 704. The molecule has 0 spiro atoms. The monoisotopic (exact) mass is 348 g/mol. The minimum Gasteiger partial charge on any atom is -0.351 e. The Hall–Kier alpha value is -1.66. The van der Waals surface area contributed by atoms with Gasteiger partial charge in [-0.15, -0.1) is 22.7 Å². The standard InChI is InChI=1S/C17H20N2O2S2/c1-19(2)17(21)15-9-12-8-11(5-6-14(12)23-15)16(20)18-10-13-4-3-7-22-13/h3-4,7,9,11H,5-6,8,10H2,1-2H3,(H,18,20). The minimum atomic E-state index is 0.0133. The van der Waals surface area contributed by atoms with Crippen molar-refractivity contribution in [2.45, 2.75) is 25.8 Å². The van der Waals surface area contributed by atoms with Crippen LogP contribution in [0.2, 0.25) is 0 Å². The Labute approximate surface area is 144 Å². The Kier molecular flexibility index (Phi) is 4.82. The van der Waals surface area contributed by atoms with E-state index in [1.165, 1.54) is 15.3 Å². The summed E-state index contributed by atoms with van der Waals surface area (Å²) in [5.41, 5.74) is 1.17. The second-order valence-electron chi connectivity index (χ2n) is 6.00. The van der Waals surface area contributed by atoms with E-state index in [0.29, 0.717) is 6.54 Å². The fourth-order valence-corrected chi connectivity index (χ4v) is 4.68. The molecule has 2 amide bonds. The predicted octanol–water partition coefficient (Wildman–Crippen LogP) is 2.93. The van der Waals surface area contributed by atoms with Crippen LogP contribution in [0.4, 0.5) is 0 Å². The molecule has 3 rings (SSSR count). The maximum absolute atomic E-state index is 12.4. The number of aryl methyl sites for hydroxylation is 1. The van der Waals surface area contributed by atoms with Gasteiger partial charge in [0.2, 0.25) is 5.91 Å². The predicted molar refractivity (Wildman–Crippen MR) is 94.0 cm³/mol. The molecule has 4 nitrogen and oxygen atoms in total. The summed E-state index contributed by atoms with van der Waals surface area (Å²) in [4.78, 5) is 29.3. The fourth-order valence-electron chi connectivity index (χ4n) is 2.80. The number of hydrogen-bond donors (Lipinski definition) is 1. The third kappa shape index (κ3) is 3.64. The molecule has 1 aliphatic carbocycles. The molecule has 0 saturated carbocycles. The van der Waals surface area contributed by atoms with Crippen molar-refractivity contribution in [2.75, 3.05) is 14.1 Å². The zero-order chi connectivity index (χ0) is 16.4. The summed E-state index contributed by atoms with van der Waals surface area (Å²) >= 11 is 3.23. The summed E-state index contributed by atoms with van der Waals surface area (Å²) in [6.45, 7) is 0.605. The van der Waals surface area contributed by atoms with E-state index in [4.69, 9.17) is 0 Å². The number of hydrogen-bond acceptors (Lipinski definition) is 4. The molecule has 2 heterocycles. The summed E-state index contributed by atoms with van der Waals surface area (Å²) < 4.78 is 0. The first-order valence-electron chi connectivity index (χ1n) is 7.68. The quantitative estimate of drug-likeness (QED) is 0.923. The van der Waals surface area contributed by atoms with E-state index in [0.717, 1.165) is 24.1 Å². The number of nitrogens with one attached hydrogen (secondary N) is 1. The van der Waals surface area contributed by atoms with Crippen molar-refractivity contribution in [3.63, 3.8) is 0 Å². The molecule has 0 saturated heterocycles. The van der Waals surface area contributed by atoms with Crippen LogP contribution in [0.25, 0.3) is 0 Å². The van der Waals surface area contributed by atoms with Crippen LogP contribution in [0.15, 0.2) is 23.6 Å². The average Bonchev–Trinajstić information content (AvgIpc) is 3.19. The normalized spacial score (nSPS) is 16.7. The maximum atomic E-state index is 12.4.